The van der Waals surface area contributed by atoms with E-state index in [-0.39, 0.29) is 18.2 Å². The maximum Gasteiger partial charge on any atom is 0.174 e. The van der Waals surface area contributed by atoms with Gasteiger partial charge in [-0.15, -0.1) is 0 Å². The molecule has 3 heterocycles. The van der Waals surface area contributed by atoms with Crippen LogP contribution in [0.2, 0.25) is 0 Å². The molecule has 5 rings (SSSR count). The summed E-state index contributed by atoms with van der Waals surface area (Å²) in [6, 6.07) is 17.4. The lowest BCUT2D eigenvalue weighted by atomic mass is 9.94. The second-order valence-electron chi connectivity index (χ2n) is 10.1. The van der Waals surface area contributed by atoms with E-state index >= 15 is 0 Å². The smallest absolute Gasteiger partial charge is 0.174 e. The van der Waals surface area contributed by atoms with Crippen LogP contribution >= 0.6 is 12.2 Å². The second kappa shape index (κ2) is 10.0. The van der Waals surface area contributed by atoms with Crippen molar-refractivity contribution in [3.63, 3.8) is 0 Å². The van der Waals surface area contributed by atoms with Gasteiger partial charge in [0.15, 0.2) is 5.11 Å². The lowest BCUT2D eigenvalue weighted by molar-refractivity contribution is 0.242. The summed E-state index contributed by atoms with van der Waals surface area (Å²) in [5.41, 5.74) is 6.06. The number of hydrogen-bond donors (Lipinski definition) is 1. The highest BCUT2D eigenvalue weighted by Crippen LogP contribution is 2.44. The number of ether oxygens (including phenoxy) is 1. The van der Waals surface area contributed by atoms with Gasteiger partial charge in [0.05, 0.1) is 23.9 Å². The van der Waals surface area contributed by atoms with Gasteiger partial charge >= 0.3 is 0 Å². The van der Waals surface area contributed by atoms with Crippen LogP contribution in [0.5, 0.6) is 5.75 Å². The predicted molar refractivity (Wildman–Crippen MR) is 146 cm³/mol. The van der Waals surface area contributed by atoms with E-state index < -0.39 is 0 Å². The monoisotopic (exact) mass is 488 g/mol. The molecule has 1 N–H and O–H groups in total. The Morgan fingerprint density at radius 3 is 2.43 bits per heavy atom. The van der Waals surface area contributed by atoms with Gasteiger partial charge in [0.25, 0.3) is 0 Å². The Morgan fingerprint density at radius 2 is 1.77 bits per heavy atom. The van der Waals surface area contributed by atoms with Crippen LogP contribution in [0.4, 0.5) is 5.69 Å². The average Bonchev–Trinajstić information content (AvgIpc) is 3.35. The van der Waals surface area contributed by atoms with Gasteiger partial charge in [-0.25, -0.2) is 0 Å². The zero-order valence-corrected chi connectivity index (χ0v) is 22.0. The summed E-state index contributed by atoms with van der Waals surface area (Å²) in [4.78, 5) is 6.98. The van der Waals surface area contributed by atoms with Gasteiger partial charge in [0, 0.05) is 29.3 Å². The van der Waals surface area contributed by atoms with E-state index in [1.807, 2.05) is 38.2 Å². The van der Waals surface area contributed by atoms with Crippen molar-refractivity contribution in [2.75, 3.05) is 4.90 Å². The molecule has 3 aromatic rings. The van der Waals surface area contributed by atoms with Gasteiger partial charge in [0.2, 0.25) is 0 Å². The topological polar surface area (TPSA) is 42.3 Å². The van der Waals surface area contributed by atoms with Crippen LogP contribution in [0.25, 0.3) is 0 Å². The van der Waals surface area contributed by atoms with Gasteiger partial charge in [0.1, 0.15) is 5.75 Å². The van der Waals surface area contributed by atoms with Crippen molar-refractivity contribution >= 4 is 23.0 Å². The number of nitrogens with one attached hydrogen (secondary N) is 1. The Morgan fingerprint density at radius 1 is 1.03 bits per heavy atom. The minimum Gasteiger partial charge on any atom is -0.491 e. The molecule has 0 radical (unpaired) electrons. The number of anilines is 1. The van der Waals surface area contributed by atoms with Crippen LogP contribution in [-0.2, 0) is 0 Å². The van der Waals surface area contributed by atoms with E-state index in [0.29, 0.717) is 6.04 Å². The first-order chi connectivity index (χ1) is 16.9. The lowest BCUT2D eigenvalue weighted by Gasteiger charge is -2.30. The molecule has 2 aromatic heterocycles. The number of rotatable bonds is 6. The van der Waals surface area contributed by atoms with E-state index in [0.717, 1.165) is 22.2 Å². The number of aryl methyl sites for hydroxylation is 1. The first kappa shape index (κ1) is 23.9. The fourth-order valence-electron chi connectivity index (χ4n) is 5.91. The van der Waals surface area contributed by atoms with Crippen molar-refractivity contribution in [2.24, 2.45) is 0 Å². The van der Waals surface area contributed by atoms with Crippen LogP contribution in [0.15, 0.2) is 54.7 Å². The molecule has 0 bridgehead atoms. The van der Waals surface area contributed by atoms with Crippen molar-refractivity contribution in [3.05, 3.63) is 77.4 Å². The van der Waals surface area contributed by atoms with Crippen LogP contribution in [-0.4, -0.2) is 20.8 Å². The number of hydrogen-bond acceptors (Lipinski definition) is 3. The van der Waals surface area contributed by atoms with Crippen LogP contribution in [0.3, 0.4) is 0 Å². The molecule has 6 heteroatoms. The molecular weight excluding hydrogens is 452 g/mol. The Bertz CT molecular complexity index is 1170. The van der Waals surface area contributed by atoms with Crippen molar-refractivity contribution in [2.45, 2.75) is 84.0 Å². The SMILES string of the molecule is Cc1cc([C@@H]2[C@@H](c3ccccn3)NC(=S)N2c2ccc(OC(C)C)cc2)c(C)n1C1CCCCC1. The molecule has 1 aliphatic carbocycles. The van der Waals surface area contributed by atoms with Crippen molar-refractivity contribution in [1.29, 1.82) is 0 Å². The standard InChI is InChI=1S/C29H36N4OS/c1-19(2)34-24-15-13-23(14-16-24)33-28(27(31-29(33)35)26-12-8-9-17-30-26)25-18-20(3)32(21(25)4)22-10-6-5-7-11-22/h8-9,12-19,22,27-28H,5-7,10-11H2,1-4H3,(H,31,35)/t27-,28-/m1/s1. The van der Waals surface area contributed by atoms with Crippen LogP contribution < -0.4 is 15.0 Å². The van der Waals surface area contributed by atoms with Crippen molar-refractivity contribution in [3.8, 4) is 5.75 Å². The molecule has 1 aliphatic heterocycles. The summed E-state index contributed by atoms with van der Waals surface area (Å²) in [6.45, 7) is 8.63. The Kier molecular flexibility index (Phi) is 6.83. The molecule has 1 saturated heterocycles. The van der Waals surface area contributed by atoms with Gasteiger partial charge in [-0.1, -0.05) is 25.3 Å². The summed E-state index contributed by atoms with van der Waals surface area (Å²) < 4.78 is 8.47. The Balaban J connectivity index is 1.58. The zero-order chi connectivity index (χ0) is 24.5. The molecule has 2 atom stereocenters. The summed E-state index contributed by atoms with van der Waals surface area (Å²) in [5, 5.41) is 4.33. The molecule has 5 nitrogen and oxygen atoms in total. The first-order valence-electron chi connectivity index (χ1n) is 12.9. The molecule has 2 fully saturated rings. The third-order valence-electron chi connectivity index (χ3n) is 7.37. The fraction of sp³-hybridized carbons (Fsp3) is 0.448. The lowest BCUT2D eigenvalue weighted by Crippen LogP contribution is -2.29. The number of benzene rings is 1. The first-order valence-corrected chi connectivity index (χ1v) is 13.3. The van der Waals surface area contributed by atoms with E-state index in [1.165, 1.54) is 49.1 Å². The van der Waals surface area contributed by atoms with E-state index in [2.05, 4.69) is 59.0 Å². The summed E-state index contributed by atoms with van der Waals surface area (Å²) >= 11 is 5.94. The highest BCUT2D eigenvalue weighted by atomic mass is 32.1. The van der Waals surface area contributed by atoms with Gasteiger partial charge in [-0.05, 0) is 101 Å². The molecular formula is C29H36N4OS. The highest BCUT2D eigenvalue weighted by molar-refractivity contribution is 7.80. The fourth-order valence-corrected chi connectivity index (χ4v) is 6.26. The van der Waals surface area contributed by atoms with E-state index in [9.17, 15) is 0 Å². The number of pyridine rings is 1. The molecule has 1 aromatic carbocycles. The number of aromatic nitrogens is 2. The second-order valence-corrected chi connectivity index (χ2v) is 10.5. The van der Waals surface area contributed by atoms with Crippen molar-refractivity contribution < 1.29 is 4.74 Å². The van der Waals surface area contributed by atoms with Gasteiger partial charge in [-0.3, -0.25) is 4.98 Å². The largest absolute Gasteiger partial charge is 0.491 e. The van der Waals surface area contributed by atoms with Crippen LogP contribution in [0, 0.1) is 13.8 Å². The third-order valence-corrected chi connectivity index (χ3v) is 7.68. The molecule has 0 unspecified atom stereocenters. The minimum absolute atomic E-state index is 0.0119. The van der Waals surface area contributed by atoms with E-state index in [4.69, 9.17) is 21.9 Å². The van der Waals surface area contributed by atoms with E-state index in [1.54, 1.807) is 0 Å². The maximum atomic E-state index is 5.94. The molecule has 0 spiro atoms. The zero-order valence-electron chi connectivity index (χ0n) is 21.2. The molecule has 35 heavy (non-hydrogen) atoms. The number of nitrogens with zero attached hydrogens (tertiary/aromatic N) is 3. The Hall–Kier alpha value is -2.86. The summed E-state index contributed by atoms with van der Waals surface area (Å²) in [5.74, 6) is 0.870. The molecule has 184 valence electrons. The summed E-state index contributed by atoms with van der Waals surface area (Å²) in [7, 11) is 0. The molecule has 0 amide bonds. The summed E-state index contributed by atoms with van der Waals surface area (Å²) in [6.07, 6.45) is 8.53. The average molecular weight is 489 g/mol. The van der Waals surface area contributed by atoms with Gasteiger partial charge < -0.3 is 19.5 Å². The molecule has 2 aliphatic rings. The third kappa shape index (κ3) is 4.68. The maximum absolute atomic E-state index is 5.94. The highest BCUT2D eigenvalue weighted by Gasteiger charge is 2.42. The normalized spacial score (nSPS) is 20.9. The Labute approximate surface area is 214 Å². The van der Waals surface area contributed by atoms with Crippen molar-refractivity contribution in [1.82, 2.24) is 14.9 Å². The minimum atomic E-state index is -0.0319. The quantitative estimate of drug-likeness (QED) is 0.380. The molecule has 1 saturated carbocycles. The predicted octanol–water partition coefficient (Wildman–Crippen LogP) is 6.97. The van der Waals surface area contributed by atoms with Crippen LogP contribution in [0.1, 0.15) is 86.7 Å². The number of thiocarbonyl (C=S) groups is 1. The van der Waals surface area contributed by atoms with Gasteiger partial charge in [-0.2, -0.15) is 0 Å².